The van der Waals surface area contributed by atoms with Crippen LogP contribution in [0.2, 0.25) is 0 Å². The number of hydrogen-bond donors (Lipinski definition) is 0. The molecule has 0 bridgehead atoms. The summed E-state index contributed by atoms with van der Waals surface area (Å²) in [5, 5.41) is 7.64. The van der Waals surface area contributed by atoms with Crippen molar-refractivity contribution in [2.75, 3.05) is 0 Å². The Labute approximate surface area is 84.2 Å². The van der Waals surface area contributed by atoms with Gasteiger partial charge in [0.05, 0.1) is 0 Å². The molecule has 0 amide bonds. The molecule has 5 heteroatoms. The molecule has 0 saturated carbocycles. The molecule has 0 N–H and O–H groups in total. The highest BCUT2D eigenvalue weighted by atomic mass is 32.1. The maximum Gasteiger partial charge on any atom is 0.542 e. The van der Waals surface area contributed by atoms with E-state index in [9.17, 15) is 4.79 Å². The molecule has 2 aromatic heterocycles. The zero-order valence-electron chi connectivity index (χ0n) is 7.43. The van der Waals surface area contributed by atoms with Gasteiger partial charge in [0.15, 0.2) is 0 Å². The molecule has 4 nitrogen and oxygen atoms in total. The van der Waals surface area contributed by atoms with Crippen molar-refractivity contribution in [1.29, 1.82) is 0 Å². The highest BCUT2D eigenvalue weighted by Crippen LogP contribution is 2.09. The van der Waals surface area contributed by atoms with Crippen LogP contribution in [0.4, 0.5) is 0 Å². The van der Waals surface area contributed by atoms with Gasteiger partial charge in [-0.2, -0.15) is 11.3 Å². The Morgan fingerprint density at radius 1 is 1.43 bits per heavy atom. The van der Waals surface area contributed by atoms with Crippen LogP contribution in [0.5, 0.6) is 0 Å². The van der Waals surface area contributed by atoms with Gasteiger partial charge in [0.1, 0.15) is 0 Å². The molecular formula is C9H9NO3S. The zero-order valence-corrected chi connectivity index (χ0v) is 8.25. The van der Waals surface area contributed by atoms with Gasteiger partial charge in [0, 0.05) is 6.42 Å². The zero-order chi connectivity index (χ0) is 9.80. The van der Waals surface area contributed by atoms with E-state index in [2.05, 4.69) is 25.5 Å². The molecule has 2 rings (SSSR count). The lowest BCUT2D eigenvalue weighted by Gasteiger charge is -1.93. The summed E-state index contributed by atoms with van der Waals surface area (Å²) < 4.78 is 8.95. The van der Waals surface area contributed by atoms with Crippen molar-refractivity contribution >= 4 is 11.3 Å². The van der Waals surface area contributed by atoms with Crippen LogP contribution in [-0.2, 0) is 12.8 Å². The normalized spacial score (nSPS) is 10.6. The van der Waals surface area contributed by atoms with E-state index in [0.29, 0.717) is 12.3 Å². The summed E-state index contributed by atoms with van der Waals surface area (Å²) in [6.07, 6.45) is 2.52. The Hall–Kier alpha value is -1.36. The third-order valence-corrected chi connectivity index (χ3v) is 2.59. The maximum atomic E-state index is 10.5. The SMILES string of the molecule is O=c1onc(CCCc2ccsc2)o1. The van der Waals surface area contributed by atoms with E-state index in [1.807, 2.05) is 5.38 Å². The molecule has 2 heterocycles. The summed E-state index contributed by atoms with van der Waals surface area (Å²) in [5.74, 6) is -0.347. The summed E-state index contributed by atoms with van der Waals surface area (Å²) in [5.41, 5.74) is 1.31. The summed E-state index contributed by atoms with van der Waals surface area (Å²) in [6, 6.07) is 2.09. The van der Waals surface area contributed by atoms with Crippen LogP contribution in [0.25, 0.3) is 0 Å². The minimum atomic E-state index is -0.726. The Morgan fingerprint density at radius 3 is 3.00 bits per heavy atom. The third-order valence-electron chi connectivity index (χ3n) is 1.86. The molecule has 0 spiro atoms. The van der Waals surface area contributed by atoms with Gasteiger partial charge in [-0.05, 0) is 40.4 Å². The van der Waals surface area contributed by atoms with E-state index in [1.54, 1.807) is 11.3 Å². The van der Waals surface area contributed by atoms with Gasteiger partial charge < -0.3 is 4.42 Å². The average Bonchev–Trinajstić information content (AvgIpc) is 2.77. The Morgan fingerprint density at radius 2 is 2.36 bits per heavy atom. The molecule has 0 aromatic carbocycles. The fraction of sp³-hybridized carbons (Fsp3) is 0.333. The number of aromatic nitrogens is 1. The first kappa shape index (κ1) is 9.21. The van der Waals surface area contributed by atoms with Crippen molar-refractivity contribution < 1.29 is 8.94 Å². The molecule has 0 aliphatic carbocycles. The molecule has 2 aromatic rings. The first-order valence-electron chi connectivity index (χ1n) is 4.31. The van der Waals surface area contributed by atoms with E-state index in [4.69, 9.17) is 0 Å². The lowest BCUT2D eigenvalue weighted by molar-refractivity contribution is 0.334. The lowest BCUT2D eigenvalue weighted by atomic mass is 10.1. The predicted octanol–water partition coefficient (Wildman–Crippen LogP) is 1.86. The predicted molar refractivity (Wildman–Crippen MR) is 51.4 cm³/mol. The van der Waals surface area contributed by atoms with Gasteiger partial charge in [-0.25, -0.2) is 4.79 Å². The van der Waals surface area contributed by atoms with Crippen molar-refractivity contribution in [3.05, 3.63) is 38.9 Å². The van der Waals surface area contributed by atoms with Crippen LogP contribution < -0.4 is 5.82 Å². The number of thiophene rings is 1. The van der Waals surface area contributed by atoms with E-state index in [0.717, 1.165) is 12.8 Å². The van der Waals surface area contributed by atoms with Crippen LogP contribution in [-0.4, -0.2) is 5.16 Å². The van der Waals surface area contributed by atoms with Gasteiger partial charge >= 0.3 is 5.82 Å². The largest absolute Gasteiger partial charge is 0.542 e. The maximum absolute atomic E-state index is 10.5. The fourth-order valence-electron chi connectivity index (χ4n) is 1.20. The van der Waals surface area contributed by atoms with Crippen LogP contribution in [0.3, 0.4) is 0 Å². The van der Waals surface area contributed by atoms with E-state index in [1.165, 1.54) is 5.56 Å². The summed E-state index contributed by atoms with van der Waals surface area (Å²) in [4.78, 5) is 10.5. The summed E-state index contributed by atoms with van der Waals surface area (Å²) >= 11 is 1.68. The van der Waals surface area contributed by atoms with E-state index >= 15 is 0 Å². The van der Waals surface area contributed by atoms with E-state index < -0.39 is 5.82 Å². The minimum absolute atomic E-state index is 0.380. The van der Waals surface area contributed by atoms with Crippen molar-refractivity contribution in [1.82, 2.24) is 5.16 Å². The van der Waals surface area contributed by atoms with Crippen LogP contribution in [0.1, 0.15) is 17.9 Å². The summed E-state index contributed by atoms with van der Waals surface area (Å²) in [7, 11) is 0. The molecule has 0 fully saturated rings. The van der Waals surface area contributed by atoms with Crippen LogP contribution in [0.15, 0.2) is 30.6 Å². The van der Waals surface area contributed by atoms with E-state index in [-0.39, 0.29) is 0 Å². The highest BCUT2D eigenvalue weighted by Gasteiger charge is 2.03. The minimum Gasteiger partial charge on any atom is -0.375 e. The molecule has 74 valence electrons. The first-order chi connectivity index (χ1) is 6.84. The van der Waals surface area contributed by atoms with Crippen molar-refractivity contribution in [3.63, 3.8) is 0 Å². The Kier molecular flexibility index (Phi) is 2.78. The van der Waals surface area contributed by atoms with Crippen LogP contribution >= 0.6 is 11.3 Å². The second-order valence-electron chi connectivity index (χ2n) is 2.91. The second-order valence-corrected chi connectivity index (χ2v) is 3.69. The van der Waals surface area contributed by atoms with Gasteiger partial charge in [-0.1, -0.05) is 0 Å². The van der Waals surface area contributed by atoms with Gasteiger partial charge in [-0.15, -0.1) is 0 Å². The third kappa shape index (κ3) is 2.32. The monoisotopic (exact) mass is 211 g/mol. The van der Waals surface area contributed by atoms with Crippen molar-refractivity contribution in [2.45, 2.75) is 19.3 Å². The topological polar surface area (TPSA) is 56.2 Å². The molecule has 0 atom stereocenters. The number of nitrogens with zero attached hydrogens (tertiary/aromatic N) is 1. The quantitative estimate of drug-likeness (QED) is 0.774. The molecule has 0 unspecified atom stereocenters. The molecule has 0 aliphatic rings. The molecule has 0 saturated heterocycles. The molecular weight excluding hydrogens is 202 g/mol. The van der Waals surface area contributed by atoms with Crippen molar-refractivity contribution in [3.8, 4) is 0 Å². The first-order valence-corrected chi connectivity index (χ1v) is 5.25. The fourth-order valence-corrected chi connectivity index (χ4v) is 1.90. The summed E-state index contributed by atoms with van der Waals surface area (Å²) in [6.45, 7) is 0. The van der Waals surface area contributed by atoms with Crippen LogP contribution in [0, 0.1) is 0 Å². The smallest absolute Gasteiger partial charge is 0.375 e. The number of aryl methyl sites for hydroxylation is 2. The number of rotatable bonds is 4. The number of hydrogen-bond acceptors (Lipinski definition) is 5. The van der Waals surface area contributed by atoms with Gasteiger partial charge in [0.25, 0.3) is 0 Å². The molecule has 0 aliphatic heterocycles. The second kappa shape index (κ2) is 4.23. The highest BCUT2D eigenvalue weighted by molar-refractivity contribution is 7.07. The Bertz CT molecular complexity index is 429. The lowest BCUT2D eigenvalue weighted by Crippen LogP contribution is -1.90. The molecule has 14 heavy (non-hydrogen) atoms. The Balaban J connectivity index is 1.81. The van der Waals surface area contributed by atoms with Gasteiger partial charge in [-0.3, -0.25) is 4.52 Å². The standard InChI is InChI=1S/C9H9NO3S/c11-9-12-8(10-13-9)3-1-2-7-4-5-14-6-7/h4-6H,1-3H2. The van der Waals surface area contributed by atoms with Crippen molar-refractivity contribution in [2.24, 2.45) is 0 Å². The molecule has 0 radical (unpaired) electrons. The average molecular weight is 211 g/mol. The van der Waals surface area contributed by atoms with Gasteiger partial charge in [0.2, 0.25) is 5.89 Å².